The fraction of sp³-hybridized carbons (Fsp3) is 0.333. The molecule has 100 valence electrons. The number of hydrogen-bond donors (Lipinski definition) is 2. The number of nitrogens with one attached hydrogen (secondary N) is 1. The van der Waals surface area contributed by atoms with Crippen LogP contribution in [0.5, 0.6) is 0 Å². The largest absolute Gasteiger partial charge is 0.389 e. The molecule has 1 saturated heterocycles. The van der Waals surface area contributed by atoms with Gasteiger partial charge in [-0.15, -0.1) is 0 Å². The summed E-state index contributed by atoms with van der Waals surface area (Å²) in [5.74, 6) is -0.112. The van der Waals surface area contributed by atoms with Gasteiger partial charge in [-0.3, -0.25) is 14.9 Å². The molecule has 19 heavy (non-hydrogen) atoms. The Morgan fingerprint density at radius 3 is 3.00 bits per heavy atom. The van der Waals surface area contributed by atoms with Crippen molar-refractivity contribution in [3.8, 4) is 0 Å². The first-order chi connectivity index (χ1) is 9.02. The van der Waals surface area contributed by atoms with Gasteiger partial charge in [-0.05, 0) is 18.6 Å². The number of thiocarbonyl (C=S) groups is 1. The second kappa shape index (κ2) is 5.31. The molecule has 1 aliphatic rings. The van der Waals surface area contributed by atoms with E-state index in [0.29, 0.717) is 17.8 Å². The summed E-state index contributed by atoms with van der Waals surface area (Å²) < 4.78 is 0. The van der Waals surface area contributed by atoms with Gasteiger partial charge < -0.3 is 10.6 Å². The Morgan fingerprint density at radius 2 is 2.37 bits per heavy atom. The third-order valence-electron chi connectivity index (χ3n) is 2.97. The van der Waals surface area contributed by atoms with Gasteiger partial charge in [0, 0.05) is 11.8 Å². The number of rotatable bonds is 3. The lowest BCUT2D eigenvalue weighted by Gasteiger charge is -2.34. The maximum absolute atomic E-state index is 11.8. The van der Waals surface area contributed by atoms with Crippen molar-refractivity contribution in [2.24, 2.45) is 5.73 Å². The highest BCUT2D eigenvalue weighted by Crippen LogP contribution is 2.19. The van der Waals surface area contributed by atoms with Crippen LogP contribution in [0.2, 0.25) is 0 Å². The summed E-state index contributed by atoms with van der Waals surface area (Å²) in [6, 6.07) is 2.97. The summed E-state index contributed by atoms with van der Waals surface area (Å²) in [6.45, 7) is 1.97. The molecule has 1 aromatic rings. The van der Waals surface area contributed by atoms with E-state index < -0.39 is 6.04 Å². The second-order valence-corrected chi connectivity index (χ2v) is 4.67. The molecule has 2 heterocycles. The molecule has 0 aliphatic carbocycles. The summed E-state index contributed by atoms with van der Waals surface area (Å²) in [5, 5.41) is 2.32. The molecule has 1 aliphatic heterocycles. The molecule has 2 amide bonds. The molecule has 1 unspecified atom stereocenters. The molecule has 7 heteroatoms. The second-order valence-electron chi connectivity index (χ2n) is 4.23. The lowest BCUT2D eigenvalue weighted by Crippen LogP contribution is -2.58. The van der Waals surface area contributed by atoms with E-state index in [2.05, 4.69) is 10.3 Å². The van der Waals surface area contributed by atoms with Gasteiger partial charge in [0.25, 0.3) is 0 Å². The smallest absolute Gasteiger partial charge is 0.249 e. The van der Waals surface area contributed by atoms with Crippen molar-refractivity contribution >= 4 is 34.8 Å². The van der Waals surface area contributed by atoms with Gasteiger partial charge in [0.1, 0.15) is 16.8 Å². The summed E-state index contributed by atoms with van der Waals surface area (Å²) >= 11 is 4.91. The van der Waals surface area contributed by atoms with Crippen molar-refractivity contribution in [2.75, 3.05) is 11.4 Å². The van der Waals surface area contributed by atoms with Crippen LogP contribution < -0.4 is 16.0 Å². The van der Waals surface area contributed by atoms with Crippen LogP contribution in [0.25, 0.3) is 0 Å². The average molecular weight is 278 g/mol. The molecule has 0 aromatic carbocycles. The highest BCUT2D eigenvalue weighted by molar-refractivity contribution is 7.80. The first-order valence-corrected chi connectivity index (χ1v) is 6.30. The Hall–Kier alpha value is -2.02. The number of carbonyl (C=O) groups is 2. The third kappa shape index (κ3) is 2.70. The standard InChI is InChI=1S/C12H14N4O2S/c1-2-8-12(18)15-10(17)6-16(8)9-5-7(11(13)19)3-4-14-9/h3-5,8H,2,6H2,1H3,(H2,13,19)(H,15,17,18). The van der Waals surface area contributed by atoms with Crippen LogP contribution in [0.15, 0.2) is 18.3 Å². The lowest BCUT2D eigenvalue weighted by atomic mass is 10.1. The van der Waals surface area contributed by atoms with Crippen molar-refractivity contribution in [3.05, 3.63) is 23.9 Å². The Kier molecular flexibility index (Phi) is 3.75. The predicted octanol–water partition coefficient (Wildman–Crippen LogP) is -0.0428. The first-order valence-electron chi connectivity index (χ1n) is 5.89. The van der Waals surface area contributed by atoms with Crippen LogP contribution >= 0.6 is 12.2 Å². The van der Waals surface area contributed by atoms with Crippen molar-refractivity contribution < 1.29 is 9.59 Å². The summed E-state index contributed by atoms with van der Waals surface area (Å²) in [7, 11) is 0. The van der Waals surface area contributed by atoms with Crippen LogP contribution in [-0.2, 0) is 9.59 Å². The van der Waals surface area contributed by atoms with Crippen LogP contribution in [0.3, 0.4) is 0 Å². The Balaban J connectivity index is 2.37. The first kappa shape index (κ1) is 13.4. The molecule has 0 spiro atoms. The topological polar surface area (TPSA) is 88.3 Å². The Labute approximate surface area is 116 Å². The number of anilines is 1. The van der Waals surface area contributed by atoms with Crippen LogP contribution in [0.4, 0.5) is 5.82 Å². The predicted molar refractivity (Wildman–Crippen MR) is 74.7 cm³/mol. The van der Waals surface area contributed by atoms with Crippen molar-refractivity contribution in [3.63, 3.8) is 0 Å². The number of nitrogens with two attached hydrogens (primary N) is 1. The average Bonchev–Trinajstić information content (AvgIpc) is 2.38. The number of hydrogen-bond acceptors (Lipinski definition) is 5. The van der Waals surface area contributed by atoms with Gasteiger partial charge >= 0.3 is 0 Å². The normalized spacial score (nSPS) is 19.2. The van der Waals surface area contributed by atoms with E-state index in [4.69, 9.17) is 18.0 Å². The fourth-order valence-electron chi connectivity index (χ4n) is 2.04. The molecule has 0 saturated carbocycles. The summed E-state index contributed by atoms with van der Waals surface area (Å²) in [4.78, 5) is 29.4. The van der Waals surface area contributed by atoms with Gasteiger partial charge in [-0.25, -0.2) is 4.98 Å². The van der Waals surface area contributed by atoms with Gasteiger partial charge in [-0.2, -0.15) is 0 Å². The number of piperazine rings is 1. The van der Waals surface area contributed by atoms with E-state index >= 15 is 0 Å². The lowest BCUT2D eigenvalue weighted by molar-refractivity contribution is -0.132. The van der Waals surface area contributed by atoms with E-state index in [1.807, 2.05) is 6.92 Å². The molecule has 1 atom stereocenters. The maximum Gasteiger partial charge on any atom is 0.249 e. The van der Waals surface area contributed by atoms with Crippen molar-refractivity contribution in [2.45, 2.75) is 19.4 Å². The zero-order valence-electron chi connectivity index (χ0n) is 10.4. The minimum Gasteiger partial charge on any atom is -0.389 e. The highest BCUT2D eigenvalue weighted by atomic mass is 32.1. The quantitative estimate of drug-likeness (QED) is 0.595. The highest BCUT2D eigenvalue weighted by Gasteiger charge is 2.33. The van der Waals surface area contributed by atoms with Gasteiger partial charge in [0.15, 0.2) is 0 Å². The molecule has 0 bridgehead atoms. The maximum atomic E-state index is 11.8. The third-order valence-corrected chi connectivity index (χ3v) is 3.20. The van der Waals surface area contributed by atoms with E-state index in [1.165, 1.54) is 0 Å². The number of amides is 2. The molecule has 1 aromatic heterocycles. The summed E-state index contributed by atoms with van der Waals surface area (Å²) in [6.07, 6.45) is 2.14. The minimum atomic E-state index is -0.410. The molecule has 3 N–H and O–H groups in total. The van der Waals surface area contributed by atoms with Gasteiger partial charge in [0.05, 0.1) is 6.54 Å². The van der Waals surface area contributed by atoms with E-state index in [0.717, 1.165) is 0 Å². The molecular weight excluding hydrogens is 264 g/mol. The number of carbonyl (C=O) groups excluding carboxylic acids is 2. The van der Waals surface area contributed by atoms with Crippen LogP contribution in [0, 0.1) is 0 Å². The molecular formula is C12H14N4O2S. The van der Waals surface area contributed by atoms with Gasteiger partial charge in [0.2, 0.25) is 11.8 Å². The number of pyridine rings is 1. The number of nitrogens with zero attached hydrogens (tertiary/aromatic N) is 2. The Morgan fingerprint density at radius 1 is 1.63 bits per heavy atom. The molecule has 1 fully saturated rings. The molecule has 2 rings (SSSR count). The number of aromatic nitrogens is 1. The number of imide groups is 1. The van der Waals surface area contributed by atoms with E-state index in [1.54, 1.807) is 23.2 Å². The van der Waals surface area contributed by atoms with E-state index in [9.17, 15) is 9.59 Å². The monoisotopic (exact) mass is 278 g/mol. The van der Waals surface area contributed by atoms with Crippen molar-refractivity contribution in [1.29, 1.82) is 0 Å². The molecule has 0 radical (unpaired) electrons. The van der Waals surface area contributed by atoms with E-state index in [-0.39, 0.29) is 23.3 Å². The minimum absolute atomic E-state index is 0.0953. The van der Waals surface area contributed by atoms with Crippen molar-refractivity contribution in [1.82, 2.24) is 10.3 Å². The zero-order valence-corrected chi connectivity index (χ0v) is 11.2. The van der Waals surface area contributed by atoms with Crippen LogP contribution in [-0.4, -0.2) is 34.4 Å². The fourth-order valence-corrected chi connectivity index (χ4v) is 2.17. The van der Waals surface area contributed by atoms with Crippen LogP contribution in [0.1, 0.15) is 18.9 Å². The summed E-state index contributed by atoms with van der Waals surface area (Å²) in [5.41, 5.74) is 6.23. The SMILES string of the molecule is CCC1C(=O)NC(=O)CN1c1cc(C(N)=S)ccn1. The van der Waals surface area contributed by atoms with Gasteiger partial charge in [-0.1, -0.05) is 19.1 Å². The zero-order chi connectivity index (χ0) is 14.0. The Bertz CT molecular complexity index is 546. The molecule has 6 nitrogen and oxygen atoms in total.